The molecule has 0 saturated heterocycles. The molecular formula is C12H23N. The smallest absolute Gasteiger partial charge is 0.0279 e. The highest BCUT2D eigenvalue weighted by Gasteiger charge is 2.17. The van der Waals surface area contributed by atoms with Crippen molar-refractivity contribution in [3.8, 4) is 0 Å². The van der Waals surface area contributed by atoms with Crippen molar-refractivity contribution in [3.63, 3.8) is 0 Å². The molecule has 0 spiro atoms. The van der Waals surface area contributed by atoms with E-state index in [4.69, 9.17) is 5.73 Å². The van der Waals surface area contributed by atoms with E-state index in [1.54, 1.807) is 0 Å². The standard InChI is InChI=1S/C12H23N/c1-3-7-10(2)12(13)11-8-5-4-6-9-11/h8,10,12H,3-7,9,13H2,1-2H3. The van der Waals surface area contributed by atoms with E-state index in [1.165, 1.54) is 44.1 Å². The summed E-state index contributed by atoms with van der Waals surface area (Å²) >= 11 is 0. The van der Waals surface area contributed by atoms with Gasteiger partial charge in [-0.15, -0.1) is 0 Å². The van der Waals surface area contributed by atoms with Crippen LogP contribution in [0.15, 0.2) is 11.6 Å². The Morgan fingerprint density at radius 3 is 2.77 bits per heavy atom. The van der Waals surface area contributed by atoms with Crippen molar-refractivity contribution < 1.29 is 0 Å². The Bertz CT molecular complexity index is 172. The lowest BCUT2D eigenvalue weighted by Gasteiger charge is -2.24. The molecule has 0 aliphatic heterocycles. The van der Waals surface area contributed by atoms with Crippen LogP contribution in [0.25, 0.3) is 0 Å². The number of allylic oxidation sites excluding steroid dienone is 1. The van der Waals surface area contributed by atoms with Crippen LogP contribution in [0.5, 0.6) is 0 Å². The highest BCUT2D eigenvalue weighted by atomic mass is 14.7. The van der Waals surface area contributed by atoms with E-state index < -0.39 is 0 Å². The van der Waals surface area contributed by atoms with Gasteiger partial charge in [-0.05, 0) is 38.0 Å². The molecule has 0 bridgehead atoms. The average molecular weight is 181 g/mol. The molecule has 0 aromatic carbocycles. The van der Waals surface area contributed by atoms with Crippen molar-refractivity contribution in [2.45, 2.75) is 58.4 Å². The summed E-state index contributed by atoms with van der Waals surface area (Å²) in [5, 5.41) is 0. The van der Waals surface area contributed by atoms with Crippen LogP contribution in [0.4, 0.5) is 0 Å². The summed E-state index contributed by atoms with van der Waals surface area (Å²) in [6.07, 6.45) is 10.1. The zero-order chi connectivity index (χ0) is 9.68. The topological polar surface area (TPSA) is 26.0 Å². The van der Waals surface area contributed by atoms with Gasteiger partial charge in [-0.1, -0.05) is 31.9 Å². The summed E-state index contributed by atoms with van der Waals surface area (Å²) in [5.41, 5.74) is 7.73. The van der Waals surface area contributed by atoms with E-state index in [-0.39, 0.29) is 0 Å². The van der Waals surface area contributed by atoms with Crippen LogP contribution in [-0.2, 0) is 0 Å². The van der Waals surface area contributed by atoms with Gasteiger partial charge in [-0.3, -0.25) is 0 Å². The summed E-state index contributed by atoms with van der Waals surface area (Å²) in [4.78, 5) is 0. The van der Waals surface area contributed by atoms with Gasteiger partial charge in [-0.2, -0.15) is 0 Å². The summed E-state index contributed by atoms with van der Waals surface area (Å²) in [7, 11) is 0. The molecule has 1 heteroatoms. The Morgan fingerprint density at radius 1 is 1.46 bits per heavy atom. The lowest BCUT2D eigenvalue weighted by atomic mass is 9.86. The molecule has 0 saturated carbocycles. The van der Waals surface area contributed by atoms with Crippen molar-refractivity contribution >= 4 is 0 Å². The predicted octanol–water partition coefficient (Wildman–Crippen LogP) is 3.25. The molecule has 2 atom stereocenters. The van der Waals surface area contributed by atoms with Crippen molar-refractivity contribution in [1.29, 1.82) is 0 Å². The van der Waals surface area contributed by atoms with Gasteiger partial charge >= 0.3 is 0 Å². The largest absolute Gasteiger partial charge is 0.324 e. The first-order chi connectivity index (χ1) is 6.25. The Morgan fingerprint density at radius 2 is 2.23 bits per heavy atom. The Balaban J connectivity index is 2.44. The first kappa shape index (κ1) is 10.8. The van der Waals surface area contributed by atoms with Crippen molar-refractivity contribution in [1.82, 2.24) is 0 Å². The Kier molecular flexibility index (Phi) is 4.51. The minimum atomic E-state index is 0.334. The van der Waals surface area contributed by atoms with Gasteiger partial charge in [0.1, 0.15) is 0 Å². The quantitative estimate of drug-likeness (QED) is 0.662. The third-order valence-corrected chi connectivity index (χ3v) is 3.11. The fourth-order valence-electron chi connectivity index (χ4n) is 2.17. The van der Waals surface area contributed by atoms with Crippen molar-refractivity contribution in [2.24, 2.45) is 11.7 Å². The molecule has 13 heavy (non-hydrogen) atoms. The third-order valence-electron chi connectivity index (χ3n) is 3.11. The van der Waals surface area contributed by atoms with Crippen LogP contribution in [0.3, 0.4) is 0 Å². The molecule has 0 amide bonds. The van der Waals surface area contributed by atoms with Gasteiger partial charge in [-0.25, -0.2) is 0 Å². The highest BCUT2D eigenvalue weighted by molar-refractivity contribution is 5.13. The van der Waals surface area contributed by atoms with Crippen LogP contribution in [-0.4, -0.2) is 6.04 Å². The lowest BCUT2D eigenvalue weighted by Crippen LogP contribution is -2.31. The number of rotatable bonds is 4. The second-order valence-corrected chi connectivity index (χ2v) is 4.32. The second kappa shape index (κ2) is 5.43. The normalized spacial score (nSPS) is 22.2. The fraction of sp³-hybridized carbons (Fsp3) is 0.833. The van der Waals surface area contributed by atoms with Crippen molar-refractivity contribution in [2.75, 3.05) is 0 Å². The first-order valence-electron chi connectivity index (χ1n) is 5.70. The monoisotopic (exact) mass is 181 g/mol. The van der Waals surface area contributed by atoms with Gasteiger partial charge in [0.2, 0.25) is 0 Å². The summed E-state index contributed by atoms with van der Waals surface area (Å²) in [6.45, 7) is 4.52. The molecule has 0 aromatic rings. The molecule has 0 fully saturated rings. The molecule has 1 rings (SSSR count). The molecule has 0 aromatic heterocycles. The van der Waals surface area contributed by atoms with Gasteiger partial charge < -0.3 is 5.73 Å². The van der Waals surface area contributed by atoms with E-state index in [9.17, 15) is 0 Å². The van der Waals surface area contributed by atoms with Crippen molar-refractivity contribution in [3.05, 3.63) is 11.6 Å². The van der Waals surface area contributed by atoms with Gasteiger partial charge in [0.15, 0.2) is 0 Å². The summed E-state index contributed by atoms with van der Waals surface area (Å²) in [6, 6.07) is 0.334. The molecule has 1 nitrogen and oxygen atoms in total. The Hall–Kier alpha value is -0.300. The lowest BCUT2D eigenvalue weighted by molar-refractivity contribution is 0.443. The van der Waals surface area contributed by atoms with E-state index in [0.717, 1.165) is 0 Å². The van der Waals surface area contributed by atoms with E-state index >= 15 is 0 Å². The van der Waals surface area contributed by atoms with Gasteiger partial charge in [0.25, 0.3) is 0 Å². The molecule has 0 heterocycles. The third kappa shape index (κ3) is 3.15. The highest BCUT2D eigenvalue weighted by Crippen LogP contribution is 2.24. The molecule has 76 valence electrons. The minimum Gasteiger partial charge on any atom is -0.324 e. The molecule has 2 unspecified atom stereocenters. The van der Waals surface area contributed by atoms with Crippen LogP contribution in [0.1, 0.15) is 52.4 Å². The van der Waals surface area contributed by atoms with Crippen LogP contribution < -0.4 is 5.73 Å². The average Bonchev–Trinajstić information content (AvgIpc) is 2.18. The number of nitrogens with two attached hydrogens (primary N) is 1. The number of hydrogen-bond donors (Lipinski definition) is 1. The number of hydrogen-bond acceptors (Lipinski definition) is 1. The van der Waals surface area contributed by atoms with E-state index in [1.807, 2.05) is 0 Å². The molecule has 1 aliphatic rings. The first-order valence-corrected chi connectivity index (χ1v) is 5.70. The van der Waals surface area contributed by atoms with E-state index in [0.29, 0.717) is 12.0 Å². The summed E-state index contributed by atoms with van der Waals surface area (Å²) in [5.74, 6) is 0.661. The van der Waals surface area contributed by atoms with Crippen LogP contribution >= 0.6 is 0 Å². The maximum atomic E-state index is 6.21. The van der Waals surface area contributed by atoms with Gasteiger partial charge in [0.05, 0.1) is 0 Å². The maximum Gasteiger partial charge on any atom is 0.0279 e. The molecule has 1 aliphatic carbocycles. The van der Waals surface area contributed by atoms with Crippen LogP contribution in [0.2, 0.25) is 0 Å². The molecular weight excluding hydrogens is 158 g/mol. The fourth-order valence-corrected chi connectivity index (χ4v) is 2.17. The Labute approximate surface area is 82.4 Å². The van der Waals surface area contributed by atoms with E-state index in [2.05, 4.69) is 19.9 Å². The molecule has 2 N–H and O–H groups in total. The maximum absolute atomic E-state index is 6.21. The predicted molar refractivity (Wildman–Crippen MR) is 58.6 cm³/mol. The minimum absolute atomic E-state index is 0.334. The second-order valence-electron chi connectivity index (χ2n) is 4.32. The zero-order valence-corrected chi connectivity index (χ0v) is 9.05. The zero-order valence-electron chi connectivity index (χ0n) is 9.05. The summed E-state index contributed by atoms with van der Waals surface area (Å²) < 4.78 is 0. The van der Waals surface area contributed by atoms with Gasteiger partial charge in [0, 0.05) is 6.04 Å². The van der Waals surface area contributed by atoms with Crippen LogP contribution in [0, 0.1) is 5.92 Å². The molecule has 0 radical (unpaired) electrons. The SMILES string of the molecule is CCCC(C)C(N)C1=CCCCC1.